The summed E-state index contributed by atoms with van der Waals surface area (Å²) in [6.07, 6.45) is -2.74. The summed E-state index contributed by atoms with van der Waals surface area (Å²) in [7, 11) is 0. The Kier molecular flexibility index (Phi) is 4.25. The predicted molar refractivity (Wildman–Crippen MR) is 53.1 cm³/mol. The molecule has 1 aromatic heterocycles. The summed E-state index contributed by atoms with van der Waals surface area (Å²) in [6.45, 7) is 0. The number of halogens is 4. The number of nitriles is 1. The quantitative estimate of drug-likeness (QED) is 0.771. The Hall–Kier alpha value is -0.920. The highest BCUT2D eigenvalue weighted by Crippen LogP contribution is 2.30. The van der Waals surface area contributed by atoms with Crippen molar-refractivity contribution in [3.63, 3.8) is 0 Å². The van der Waals surface area contributed by atoms with E-state index in [9.17, 15) is 8.78 Å². The molecule has 0 N–H and O–H groups in total. The van der Waals surface area contributed by atoms with Crippen LogP contribution in [-0.4, -0.2) is 4.98 Å². The standard InChI is InChI=1S/C9H6Cl2F2N2/c10-4-7-8(11)6(9(12)13)3-5(15-7)1-2-14/h3,9H,1,4H2. The van der Waals surface area contributed by atoms with E-state index in [0.29, 0.717) is 0 Å². The lowest BCUT2D eigenvalue weighted by Gasteiger charge is -2.08. The minimum atomic E-state index is -2.69. The molecular formula is C9H6Cl2F2N2. The fraction of sp³-hybridized carbons (Fsp3) is 0.333. The van der Waals surface area contributed by atoms with Crippen molar-refractivity contribution in [2.75, 3.05) is 0 Å². The van der Waals surface area contributed by atoms with Gasteiger partial charge in [0.1, 0.15) is 0 Å². The number of aromatic nitrogens is 1. The monoisotopic (exact) mass is 250 g/mol. The maximum Gasteiger partial charge on any atom is 0.265 e. The first-order valence-corrected chi connectivity index (χ1v) is 4.90. The van der Waals surface area contributed by atoms with Crippen LogP contribution in [0.25, 0.3) is 0 Å². The third-order valence-corrected chi connectivity index (χ3v) is 2.42. The Balaban J connectivity index is 3.26. The lowest BCUT2D eigenvalue weighted by atomic mass is 10.1. The zero-order valence-electron chi connectivity index (χ0n) is 7.48. The predicted octanol–water partition coefficient (Wildman–Crippen LogP) is 3.48. The molecule has 6 heteroatoms. The maximum absolute atomic E-state index is 12.5. The highest BCUT2D eigenvalue weighted by molar-refractivity contribution is 6.32. The number of alkyl halides is 3. The third kappa shape index (κ3) is 2.77. The molecule has 0 atom stereocenters. The van der Waals surface area contributed by atoms with Gasteiger partial charge in [-0.3, -0.25) is 4.98 Å². The molecule has 0 spiro atoms. The molecule has 0 bridgehead atoms. The largest absolute Gasteiger partial charge is 0.265 e. The molecular weight excluding hydrogens is 245 g/mol. The van der Waals surface area contributed by atoms with Gasteiger partial charge in [-0.1, -0.05) is 11.6 Å². The Labute approximate surface area is 95.4 Å². The van der Waals surface area contributed by atoms with E-state index >= 15 is 0 Å². The van der Waals surface area contributed by atoms with E-state index in [1.165, 1.54) is 0 Å². The molecule has 1 heterocycles. The van der Waals surface area contributed by atoms with Crippen LogP contribution in [0.4, 0.5) is 8.78 Å². The molecule has 0 aromatic carbocycles. The molecule has 0 aliphatic carbocycles. The average Bonchev–Trinajstić information content (AvgIpc) is 2.20. The molecule has 0 aliphatic rings. The minimum Gasteiger partial charge on any atom is -0.254 e. The summed E-state index contributed by atoms with van der Waals surface area (Å²) in [5.74, 6) is -0.0577. The summed E-state index contributed by atoms with van der Waals surface area (Å²) in [5, 5.41) is 8.32. The van der Waals surface area contributed by atoms with Crippen LogP contribution in [0.5, 0.6) is 0 Å². The fourth-order valence-electron chi connectivity index (χ4n) is 1.08. The summed E-state index contributed by atoms with van der Waals surface area (Å²) in [5.41, 5.74) is 0.113. The summed E-state index contributed by atoms with van der Waals surface area (Å²) in [6, 6.07) is 2.96. The SMILES string of the molecule is N#CCc1cc(C(F)F)c(Cl)c(CCl)n1. The number of hydrogen-bond acceptors (Lipinski definition) is 2. The summed E-state index contributed by atoms with van der Waals surface area (Å²) < 4.78 is 25.1. The van der Waals surface area contributed by atoms with Crippen LogP contribution in [0.15, 0.2) is 6.07 Å². The Morgan fingerprint density at radius 3 is 2.67 bits per heavy atom. The highest BCUT2D eigenvalue weighted by atomic mass is 35.5. The first kappa shape index (κ1) is 12.2. The second-order valence-electron chi connectivity index (χ2n) is 2.73. The minimum absolute atomic E-state index is 0.0409. The van der Waals surface area contributed by atoms with Gasteiger partial charge in [-0.15, -0.1) is 11.6 Å². The van der Waals surface area contributed by atoms with E-state index in [-0.39, 0.29) is 34.3 Å². The van der Waals surface area contributed by atoms with Crippen LogP contribution in [0.2, 0.25) is 5.02 Å². The van der Waals surface area contributed by atoms with Crippen molar-refractivity contribution >= 4 is 23.2 Å². The van der Waals surface area contributed by atoms with Crippen LogP contribution in [0.1, 0.15) is 23.4 Å². The van der Waals surface area contributed by atoms with E-state index in [1.807, 2.05) is 6.07 Å². The molecule has 2 nitrogen and oxygen atoms in total. The van der Waals surface area contributed by atoms with Gasteiger partial charge >= 0.3 is 0 Å². The highest BCUT2D eigenvalue weighted by Gasteiger charge is 2.17. The van der Waals surface area contributed by atoms with Crippen molar-refractivity contribution < 1.29 is 8.78 Å². The zero-order chi connectivity index (χ0) is 11.4. The van der Waals surface area contributed by atoms with Crippen LogP contribution >= 0.6 is 23.2 Å². The van der Waals surface area contributed by atoms with Crippen LogP contribution in [-0.2, 0) is 12.3 Å². The Bertz CT molecular complexity index is 402. The van der Waals surface area contributed by atoms with Crippen LogP contribution in [0, 0.1) is 11.3 Å². The lowest BCUT2D eigenvalue weighted by Crippen LogP contribution is -1.99. The zero-order valence-corrected chi connectivity index (χ0v) is 8.99. The average molecular weight is 251 g/mol. The molecule has 0 fully saturated rings. The molecule has 1 aromatic rings. The molecule has 15 heavy (non-hydrogen) atoms. The molecule has 0 saturated heterocycles. The van der Waals surface area contributed by atoms with Crippen molar-refractivity contribution in [2.24, 2.45) is 0 Å². The van der Waals surface area contributed by atoms with Gasteiger partial charge in [-0.05, 0) is 6.07 Å². The van der Waals surface area contributed by atoms with Crippen molar-refractivity contribution in [3.8, 4) is 6.07 Å². The van der Waals surface area contributed by atoms with E-state index < -0.39 is 6.43 Å². The summed E-state index contributed by atoms with van der Waals surface area (Å²) in [4.78, 5) is 3.90. The van der Waals surface area contributed by atoms with Crippen LogP contribution < -0.4 is 0 Å². The molecule has 0 amide bonds. The van der Waals surface area contributed by atoms with E-state index in [1.54, 1.807) is 0 Å². The third-order valence-electron chi connectivity index (χ3n) is 1.73. The van der Waals surface area contributed by atoms with E-state index in [2.05, 4.69) is 4.98 Å². The second kappa shape index (κ2) is 5.24. The van der Waals surface area contributed by atoms with Crippen LogP contribution in [0.3, 0.4) is 0 Å². The normalized spacial score (nSPS) is 10.4. The molecule has 0 saturated carbocycles. The Morgan fingerprint density at radius 2 is 2.20 bits per heavy atom. The Morgan fingerprint density at radius 1 is 1.53 bits per heavy atom. The van der Waals surface area contributed by atoms with Crippen molar-refractivity contribution in [1.29, 1.82) is 5.26 Å². The summed E-state index contributed by atoms with van der Waals surface area (Å²) >= 11 is 11.2. The molecule has 0 radical (unpaired) electrons. The molecule has 1 rings (SSSR count). The first-order chi connectivity index (χ1) is 7.10. The van der Waals surface area contributed by atoms with Gasteiger partial charge in [0.05, 0.1) is 34.8 Å². The second-order valence-corrected chi connectivity index (χ2v) is 3.38. The van der Waals surface area contributed by atoms with E-state index in [0.717, 1.165) is 6.07 Å². The maximum atomic E-state index is 12.5. The topological polar surface area (TPSA) is 36.7 Å². The van der Waals surface area contributed by atoms with Gasteiger partial charge in [-0.2, -0.15) is 5.26 Å². The van der Waals surface area contributed by atoms with E-state index in [4.69, 9.17) is 28.5 Å². The van der Waals surface area contributed by atoms with Gasteiger partial charge in [0.25, 0.3) is 6.43 Å². The number of pyridine rings is 1. The molecule has 80 valence electrons. The van der Waals surface area contributed by atoms with Crippen molar-refractivity contribution in [2.45, 2.75) is 18.7 Å². The van der Waals surface area contributed by atoms with Gasteiger partial charge in [0, 0.05) is 5.56 Å². The number of nitrogens with zero attached hydrogens (tertiary/aromatic N) is 2. The number of rotatable bonds is 3. The van der Waals surface area contributed by atoms with Gasteiger partial charge in [-0.25, -0.2) is 8.78 Å². The van der Waals surface area contributed by atoms with Crippen molar-refractivity contribution in [3.05, 3.63) is 28.0 Å². The smallest absolute Gasteiger partial charge is 0.254 e. The molecule has 0 unspecified atom stereocenters. The van der Waals surface area contributed by atoms with Gasteiger partial charge in [0.15, 0.2) is 0 Å². The first-order valence-electron chi connectivity index (χ1n) is 3.99. The van der Waals surface area contributed by atoms with Gasteiger partial charge < -0.3 is 0 Å². The van der Waals surface area contributed by atoms with Crippen molar-refractivity contribution in [1.82, 2.24) is 4.98 Å². The fourth-order valence-corrected chi connectivity index (χ4v) is 1.59. The molecule has 0 aliphatic heterocycles. The lowest BCUT2D eigenvalue weighted by molar-refractivity contribution is 0.151. The number of hydrogen-bond donors (Lipinski definition) is 0. The van der Waals surface area contributed by atoms with Gasteiger partial charge in [0.2, 0.25) is 0 Å².